The molecule has 7 rings (SSSR count). The molecular weight excluding hydrogens is 462 g/mol. The number of nitrogens with one attached hydrogen (secondary N) is 1. The number of hydrogen-bond donors (Lipinski definition) is 1. The van der Waals surface area contributed by atoms with Crippen molar-refractivity contribution in [2.24, 2.45) is 0 Å². The number of amides is 1. The Hall–Kier alpha value is -3.42. The number of pyridine rings is 2. The van der Waals surface area contributed by atoms with Gasteiger partial charge in [-0.3, -0.25) is 4.79 Å². The van der Waals surface area contributed by atoms with Gasteiger partial charge in [0.05, 0.1) is 24.0 Å². The number of imidazole rings is 1. The maximum Gasteiger partial charge on any atom is 0.273 e. The van der Waals surface area contributed by atoms with Crippen molar-refractivity contribution in [1.82, 2.24) is 24.6 Å². The fourth-order valence-corrected chi connectivity index (χ4v) is 5.59. The average molecular weight is 488 g/mol. The Balaban J connectivity index is 1.44. The predicted octanol–water partition coefficient (Wildman–Crippen LogP) is 4.25. The van der Waals surface area contributed by atoms with Gasteiger partial charge in [-0.25, -0.2) is 9.97 Å². The number of fused-ring (bicyclic) bond motifs is 4. The Kier molecular flexibility index (Phi) is 5.46. The summed E-state index contributed by atoms with van der Waals surface area (Å²) in [5.74, 6) is 0.383. The van der Waals surface area contributed by atoms with Gasteiger partial charge >= 0.3 is 0 Å². The zero-order chi connectivity index (χ0) is 24.0. The molecule has 3 saturated heterocycles. The van der Waals surface area contributed by atoms with E-state index in [1.165, 1.54) is 0 Å². The number of halogens is 1. The van der Waals surface area contributed by atoms with Crippen LogP contribution in [0.4, 0.5) is 0 Å². The number of carbonyl (C=O) groups excluding carboxylic acids is 1. The lowest BCUT2D eigenvalue weighted by atomic mass is 9.76. The number of nitrogens with zero attached hydrogens (tertiary/aromatic N) is 4. The lowest BCUT2D eigenvalue weighted by Crippen LogP contribution is -2.71. The highest BCUT2D eigenvalue weighted by atomic mass is 35.5. The highest BCUT2D eigenvalue weighted by Gasteiger charge is 2.49. The number of hydrogen-bond acceptors (Lipinski definition) is 5. The highest BCUT2D eigenvalue weighted by molar-refractivity contribution is 6.30. The first kappa shape index (κ1) is 22.1. The fourth-order valence-electron chi connectivity index (χ4n) is 5.46. The van der Waals surface area contributed by atoms with E-state index in [0.29, 0.717) is 35.6 Å². The second kappa shape index (κ2) is 8.66. The molecule has 0 radical (unpaired) electrons. The summed E-state index contributed by atoms with van der Waals surface area (Å²) in [6.45, 7) is 1.39. The molecule has 3 aliphatic heterocycles. The number of aromatic nitrogens is 3. The van der Waals surface area contributed by atoms with Gasteiger partial charge in [-0.2, -0.15) is 0 Å². The molecule has 3 aromatic heterocycles. The van der Waals surface area contributed by atoms with Crippen molar-refractivity contribution in [3.8, 4) is 17.1 Å². The van der Waals surface area contributed by atoms with Crippen LogP contribution in [0.1, 0.15) is 29.0 Å². The van der Waals surface area contributed by atoms with Crippen molar-refractivity contribution in [3.05, 3.63) is 83.3 Å². The van der Waals surface area contributed by atoms with E-state index >= 15 is 0 Å². The van der Waals surface area contributed by atoms with E-state index in [0.717, 1.165) is 42.0 Å². The topological polar surface area (TPSA) is 71.8 Å². The van der Waals surface area contributed by atoms with Crippen molar-refractivity contribution in [1.29, 1.82) is 0 Å². The lowest BCUT2D eigenvalue weighted by molar-refractivity contribution is -0.00314. The van der Waals surface area contributed by atoms with Gasteiger partial charge in [0.15, 0.2) is 0 Å². The summed E-state index contributed by atoms with van der Waals surface area (Å²) in [5, 5.41) is 4.35. The summed E-state index contributed by atoms with van der Waals surface area (Å²) in [5.41, 5.74) is 3.92. The Labute approximate surface area is 208 Å². The van der Waals surface area contributed by atoms with Crippen LogP contribution in [0.2, 0.25) is 5.02 Å². The predicted molar refractivity (Wildman–Crippen MR) is 135 cm³/mol. The molecule has 2 atom stereocenters. The second-order valence-corrected chi connectivity index (χ2v) is 9.78. The minimum atomic E-state index is -0.385. The first-order chi connectivity index (χ1) is 17.1. The molecular formula is C27H26ClN5O2. The summed E-state index contributed by atoms with van der Waals surface area (Å²) in [7, 11) is 1.56. The molecule has 6 heterocycles. The monoisotopic (exact) mass is 487 g/mol. The third-order valence-corrected chi connectivity index (χ3v) is 7.55. The largest absolute Gasteiger partial charge is 0.481 e. The number of piperazine rings is 1. The molecule has 1 N–H and O–H groups in total. The average Bonchev–Trinajstić information content (AvgIpc) is 3.27. The maximum atomic E-state index is 13.8. The van der Waals surface area contributed by atoms with Gasteiger partial charge in [0, 0.05) is 48.4 Å². The molecule has 0 saturated carbocycles. The molecule has 4 aromatic rings. The summed E-state index contributed by atoms with van der Waals surface area (Å²) in [4.78, 5) is 25.2. The number of rotatable bonds is 5. The number of ether oxygens (including phenoxy) is 1. The standard InChI is InChI=1S/C27H26ClN5O2/c1-35-24-7-4-5-21(30-24)26(34)33-16-20-12-13-27(33,17-29-20)15-22-25(18-8-10-19(28)11-9-18)31-23-6-2-3-14-32(22)23/h2-11,14,20,29H,12-13,15-17H2,1H3. The fraction of sp³-hybridized carbons (Fsp3) is 0.296. The number of carbonyl (C=O) groups is 1. The van der Waals surface area contributed by atoms with E-state index in [4.69, 9.17) is 21.3 Å². The van der Waals surface area contributed by atoms with Gasteiger partial charge in [0.1, 0.15) is 11.3 Å². The highest BCUT2D eigenvalue weighted by Crippen LogP contribution is 2.39. The maximum absolute atomic E-state index is 13.8. The van der Waals surface area contributed by atoms with E-state index in [2.05, 4.69) is 14.7 Å². The molecule has 0 aliphatic carbocycles. The summed E-state index contributed by atoms with van der Waals surface area (Å²) in [6.07, 6.45) is 4.67. The van der Waals surface area contributed by atoms with Crippen LogP contribution in [0.5, 0.6) is 5.88 Å². The van der Waals surface area contributed by atoms with Crippen LogP contribution in [-0.2, 0) is 6.42 Å². The molecule has 3 fully saturated rings. The Morgan fingerprint density at radius 1 is 1.14 bits per heavy atom. The van der Waals surface area contributed by atoms with Gasteiger partial charge in [0.2, 0.25) is 5.88 Å². The van der Waals surface area contributed by atoms with Crippen LogP contribution >= 0.6 is 11.6 Å². The minimum Gasteiger partial charge on any atom is -0.481 e. The first-order valence-corrected chi connectivity index (χ1v) is 12.2. The van der Waals surface area contributed by atoms with E-state index < -0.39 is 0 Å². The third-order valence-electron chi connectivity index (χ3n) is 7.29. The van der Waals surface area contributed by atoms with Gasteiger partial charge < -0.3 is 19.4 Å². The molecule has 7 nitrogen and oxygen atoms in total. The normalized spacial score (nSPS) is 21.4. The Morgan fingerprint density at radius 2 is 2.00 bits per heavy atom. The van der Waals surface area contributed by atoms with Gasteiger partial charge in [-0.1, -0.05) is 35.9 Å². The molecule has 35 heavy (non-hydrogen) atoms. The van der Waals surface area contributed by atoms with Crippen LogP contribution < -0.4 is 10.1 Å². The van der Waals surface area contributed by atoms with E-state index in [-0.39, 0.29) is 11.4 Å². The number of methoxy groups -OCH3 is 1. The lowest BCUT2D eigenvalue weighted by Gasteiger charge is -2.55. The zero-order valence-electron chi connectivity index (χ0n) is 19.4. The summed E-state index contributed by atoms with van der Waals surface area (Å²) in [6, 6.07) is 19.4. The smallest absolute Gasteiger partial charge is 0.273 e. The molecule has 0 spiro atoms. The third kappa shape index (κ3) is 3.85. The van der Waals surface area contributed by atoms with Crippen molar-refractivity contribution < 1.29 is 9.53 Å². The number of benzene rings is 1. The van der Waals surface area contributed by atoms with Crippen LogP contribution in [0.3, 0.4) is 0 Å². The van der Waals surface area contributed by atoms with Crippen LogP contribution in [0, 0.1) is 0 Å². The van der Waals surface area contributed by atoms with Gasteiger partial charge in [-0.15, -0.1) is 0 Å². The van der Waals surface area contributed by atoms with Crippen LogP contribution in [0.25, 0.3) is 16.9 Å². The molecule has 2 bridgehead atoms. The molecule has 2 unspecified atom stereocenters. The molecule has 1 aromatic carbocycles. The van der Waals surface area contributed by atoms with E-state index in [1.54, 1.807) is 19.2 Å². The summed E-state index contributed by atoms with van der Waals surface area (Å²) >= 11 is 6.16. The van der Waals surface area contributed by atoms with Crippen molar-refractivity contribution >= 4 is 23.2 Å². The van der Waals surface area contributed by atoms with Crippen molar-refractivity contribution in [2.45, 2.75) is 30.8 Å². The number of piperidine rings is 2. The Bertz CT molecular complexity index is 1390. The molecule has 1 amide bonds. The molecule has 178 valence electrons. The van der Waals surface area contributed by atoms with E-state index in [1.807, 2.05) is 59.6 Å². The quantitative estimate of drug-likeness (QED) is 0.455. The van der Waals surface area contributed by atoms with Crippen molar-refractivity contribution in [3.63, 3.8) is 0 Å². The van der Waals surface area contributed by atoms with E-state index in [9.17, 15) is 4.79 Å². The zero-order valence-corrected chi connectivity index (χ0v) is 20.2. The summed E-state index contributed by atoms with van der Waals surface area (Å²) < 4.78 is 7.42. The first-order valence-electron chi connectivity index (χ1n) is 11.8. The van der Waals surface area contributed by atoms with Crippen LogP contribution in [-0.4, -0.2) is 57.0 Å². The molecule has 3 aliphatic rings. The molecule has 8 heteroatoms. The van der Waals surface area contributed by atoms with Gasteiger partial charge in [0.25, 0.3) is 5.91 Å². The SMILES string of the molecule is COc1cccc(C(=O)N2CC3CCC2(Cc2c(-c4ccc(Cl)cc4)nc4ccccn24)CN3)n1. The van der Waals surface area contributed by atoms with Crippen LogP contribution in [0.15, 0.2) is 66.9 Å². The van der Waals surface area contributed by atoms with Gasteiger partial charge in [-0.05, 0) is 43.2 Å². The minimum absolute atomic E-state index is 0.0584. The second-order valence-electron chi connectivity index (χ2n) is 9.34. The Morgan fingerprint density at radius 3 is 2.77 bits per heavy atom. The van der Waals surface area contributed by atoms with Crippen molar-refractivity contribution in [2.75, 3.05) is 20.2 Å².